The summed E-state index contributed by atoms with van der Waals surface area (Å²) in [6, 6.07) is 0. The highest BCUT2D eigenvalue weighted by Crippen LogP contribution is 2.14. The van der Waals surface area contributed by atoms with Crippen molar-refractivity contribution in [1.29, 1.82) is 0 Å². The molecule has 0 spiro atoms. The third-order valence-electron chi connectivity index (χ3n) is 6.16. The number of rotatable bonds is 25. The standard InChI is InChI=1S/C29H56/c1-3-5-7-9-11-13-15-17-19-21-23-25-27-29-28-26-24-22-20-18-16-14-12-10-8-6-4-2/h15,17H,1-14,16,18-29H2/b17-15+. The van der Waals surface area contributed by atoms with Crippen LogP contribution in [0.4, 0.5) is 0 Å². The fourth-order valence-corrected chi connectivity index (χ4v) is 4.12. The van der Waals surface area contributed by atoms with Gasteiger partial charge >= 0.3 is 0 Å². The average molecular weight is 405 g/mol. The molecule has 0 heterocycles. The second-order valence-electron chi connectivity index (χ2n) is 9.18. The highest BCUT2D eigenvalue weighted by molar-refractivity contribution is 4.81. The van der Waals surface area contributed by atoms with Crippen LogP contribution in [-0.2, 0) is 0 Å². The van der Waals surface area contributed by atoms with Crippen LogP contribution in [0.25, 0.3) is 0 Å². The van der Waals surface area contributed by atoms with E-state index in [1.807, 2.05) is 0 Å². The van der Waals surface area contributed by atoms with E-state index in [-0.39, 0.29) is 0 Å². The quantitative estimate of drug-likeness (QED) is 0.105. The third kappa shape index (κ3) is 27.7. The molecular formula is C29H56. The zero-order valence-electron chi connectivity index (χ0n) is 20.2. The number of hydrogen-bond donors (Lipinski definition) is 0. The lowest BCUT2D eigenvalue weighted by atomic mass is 10.0. The van der Waals surface area contributed by atoms with Crippen LogP contribution in [0.2, 0.25) is 0 Å². The smallest absolute Gasteiger partial charge is 0.0351 e. The van der Waals surface area contributed by atoms with Gasteiger partial charge in [-0.05, 0) is 25.7 Å². The summed E-state index contributed by atoms with van der Waals surface area (Å²) >= 11 is 0. The Morgan fingerprint density at radius 1 is 0.276 bits per heavy atom. The first-order valence-electron chi connectivity index (χ1n) is 13.6. The van der Waals surface area contributed by atoms with E-state index < -0.39 is 0 Å². The van der Waals surface area contributed by atoms with Crippen LogP contribution in [0.1, 0.15) is 161 Å². The summed E-state index contributed by atoms with van der Waals surface area (Å²) in [7, 11) is 0. The lowest BCUT2D eigenvalue weighted by molar-refractivity contribution is 0.526. The van der Waals surface area contributed by atoms with Crippen molar-refractivity contribution >= 4 is 0 Å². The molecule has 0 atom stereocenters. The lowest BCUT2D eigenvalue weighted by Crippen LogP contribution is -1.84. The van der Waals surface area contributed by atoms with Gasteiger partial charge in [0.1, 0.15) is 0 Å². The molecule has 0 aliphatic rings. The van der Waals surface area contributed by atoms with Gasteiger partial charge in [0, 0.05) is 0 Å². The molecule has 0 heteroatoms. The molecule has 2 radical (unpaired) electrons. The summed E-state index contributed by atoms with van der Waals surface area (Å²) in [5.74, 6) is 0. The molecular weight excluding hydrogens is 348 g/mol. The van der Waals surface area contributed by atoms with Crippen LogP contribution in [0.15, 0.2) is 12.2 Å². The SMILES string of the molecule is [CH2]CCCCCC/C=C/CCCCCCCCCCCCCCCCCCC[CH2]. The van der Waals surface area contributed by atoms with Gasteiger partial charge in [-0.25, -0.2) is 0 Å². The van der Waals surface area contributed by atoms with Gasteiger partial charge in [0.2, 0.25) is 0 Å². The minimum absolute atomic E-state index is 1.11. The molecule has 0 aliphatic heterocycles. The molecule has 0 saturated heterocycles. The van der Waals surface area contributed by atoms with E-state index >= 15 is 0 Å². The van der Waals surface area contributed by atoms with E-state index in [0.717, 1.165) is 12.8 Å². The van der Waals surface area contributed by atoms with Gasteiger partial charge in [0.05, 0.1) is 0 Å². The minimum atomic E-state index is 1.11. The monoisotopic (exact) mass is 404 g/mol. The van der Waals surface area contributed by atoms with Crippen LogP contribution < -0.4 is 0 Å². The highest BCUT2D eigenvalue weighted by Gasteiger charge is 1.95. The zero-order valence-corrected chi connectivity index (χ0v) is 20.2. The Morgan fingerprint density at radius 3 is 0.724 bits per heavy atom. The second kappa shape index (κ2) is 27.7. The number of allylic oxidation sites excluding steroid dienone is 2. The van der Waals surface area contributed by atoms with Crippen molar-refractivity contribution in [3.8, 4) is 0 Å². The van der Waals surface area contributed by atoms with Crippen molar-refractivity contribution in [2.24, 2.45) is 0 Å². The molecule has 0 aromatic heterocycles. The summed E-state index contributed by atoms with van der Waals surface area (Å²) in [6.07, 6.45) is 39.7. The molecule has 0 amide bonds. The van der Waals surface area contributed by atoms with Crippen molar-refractivity contribution in [2.75, 3.05) is 0 Å². The summed E-state index contributed by atoms with van der Waals surface area (Å²) in [5.41, 5.74) is 0. The van der Waals surface area contributed by atoms with Crippen LogP contribution in [0.3, 0.4) is 0 Å². The fraction of sp³-hybridized carbons (Fsp3) is 0.862. The molecule has 0 aliphatic carbocycles. The number of hydrogen-bond acceptors (Lipinski definition) is 0. The normalized spacial score (nSPS) is 11.7. The van der Waals surface area contributed by atoms with Crippen LogP contribution >= 0.6 is 0 Å². The predicted octanol–water partition coefficient (Wildman–Crippen LogP) is 11.0. The van der Waals surface area contributed by atoms with Gasteiger partial charge < -0.3 is 0 Å². The Labute approximate surface area is 186 Å². The fourth-order valence-electron chi connectivity index (χ4n) is 4.12. The van der Waals surface area contributed by atoms with E-state index in [1.54, 1.807) is 0 Å². The largest absolute Gasteiger partial charge is 0.0885 e. The summed E-state index contributed by atoms with van der Waals surface area (Å²) in [6.45, 7) is 7.81. The molecule has 0 saturated carbocycles. The van der Waals surface area contributed by atoms with Gasteiger partial charge in [-0.1, -0.05) is 161 Å². The molecule has 172 valence electrons. The van der Waals surface area contributed by atoms with Crippen molar-refractivity contribution in [1.82, 2.24) is 0 Å². The van der Waals surface area contributed by atoms with Crippen molar-refractivity contribution in [3.63, 3.8) is 0 Å². The Balaban J connectivity index is 3.03. The van der Waals surface area contributed by atoms with E-state index in [1.165, 1.54) is 148 Å². The van der Waals surface area contributed by atoms with Crippen molar-refractivity contribution in [3.05, 3.63) is 26.0 Å². The highest BCUT2D eigenvalue weighted by atomic mass is 14.0. The van der Waals surface area contributed by atoms with Crippen LogP contribution in [0.5, 0.6) is 0 Å². The Morgan fingerprint density at radius 2 is 0.483 bits per heavy atom. The Kier molecular flexibility index (Phi) is 27.5. The molecule has 0 unspecified atom stereocenters. The first-order chi connectivity index (χ1) is 14.4. The Bertz CT molecular complexity index is 290. The summed E-state index contributed by atoms with van der Waals surface area (Å²) in [5, 5.41) is 0. The van der Waals surface area contributed by atoms with E-state index in [0.29, 0.717) is 0 Å². The maximum absolute atomic E-state index is 3.91. The third-order valence-corrected chi connectivity index (χ3v) is 6.16. The topological polar surface area (TPSA) is 0 Å². The molecule has 0 N–H and O–H groups in total. The minimum Gasteiger partial charge on any atom is -0.0885 e. The van der Waals surface area contributed by atoms with Crippen LogP contribution in [-0.4, -0.2) is 0 Å². The molecule has 0 aromatic carbocycles. The lowest BCUT2D eigenvalue weighted by Gasteiger charge is -2.03. The van der Waals surface area contributed by atoms with E-state index in [2.05, 4.69) is 26.0 Å². The van der Waals surface area contributed by atoms with Gasteiger partial charge in [0.25, 0.3) is 0 Å². The molecule has 0 bridgehead atoms. The predicted molar refractivity (Wildman–Crippen MR) is 135 cm³/mol. The van der Waals surface area contributed by atoms with E-state index in [4.69, 9.17) is 0 Å². The first kappa shape index (κ1) is 28.7. The molecule has 0 rings (SSSR count). The van der Waals surface area contributed by atoms with Crippen LogP contribution in [0, 0.1) is 13.8 Å². The zero-order chi connectivity index (χ0) is 21.1. The second-order valence-corrected chi connectivity index (χ2v) is 9.18. The van der Waals surface area contributed by atoms with Crippen molar-refractivity contribution < 1.29 is 0 Å². The molecule has 0 aromatic rings. The summed E-state index contributed by atoms with van der Waals surface area (Å²) in [4.78, 5) is 0. The molecule has 29 heavy (non-hydrogen) atoms. The van der Waals surface area contributed by atoms with Crippen molar-refractivity contribution in [2.45, 2.75) is 161 Å². The Hall–Kier alpha value is -0.260. The van der Waals surface area contributed by atoms with Gasteiger partial charge in [-0.15, -0.1) is 0 Å². The molecule has 0 nitrogen and oxygen atoms in total. The van der Waals surface area contributed by atoms with E-state index in [9.17, 15) is 0 Å². The van der Waals surface area contributed by atoms with Gasteiger partial charge in [-0.3, -0.25) is 0 Å². The maximum atomic E-state index is 3.91. The van der Waals surface area contributed by atoms with Gasteiger partial charge in [-0.2, -0.15) is 0 Å². The summed E-state index contributed by atoms with van der Waals surface area (Å²) < 4.78 is 0. The van der Waals surface area contributed by atoms with Gasteiger partial charge in [0.15, 0.2) is 0 Å². The average Bonchev–Trinajstić information content (AvgIpc) is 2.74. The molecule has 0 fully saturated rings. The first-order valence-corrected chi connectivity index (χ1v) is 13.6. The maximum Gasteiger partial charge on any atom is -0.0351 e. The number of unbranched alkanes of at least 4 members (excludes halogenated alkanes) is 23.